The van der Waals surface area contributed by atoms with E-state index in [-0.39, 0.29) is 4.90 Å². The third-order valence-electron chi connectivity index (χ3n) is 2.67. The summed E-state index contributed by atoms with van der Waals surface area (Å²) in [4.78, 5) is 0.0792. The van der Waals surface area contributed by atoms with E-state index in [9.17, 15) is 8.42 Å². The summed E-state index contributed by atoms with van der Waals surface area (Å²) in [5.74, 6) is 0.300. The Labute approximate surface area is 120 Å². The van der Waals surface area contributed by atoms with E-state index in [1.165, 1.54) is 19.4 Å². The summed E-state index contributed by atoms with van der Waals surface area (Å²) in [7, 11) is -2.31. The lowest BCUT2D eigenvalue weighted by molar-refractivity contribution is 0.401. The van der Waals surface area contributed by atoms with E-state index in [4.69, 9.17) is 4.74 Å². The zero-order valence-electron chi connectivity index (χ0n) is 10.7. The van der Waals surface area contributed by atoms with Crippen molar-refractivity contribution in [3.05, 3.63) is 40.1 Å². The molecule has 0 saturated heterocycles. The fourth-order valence-corrected chi connectivity index (χ4v) is 3.44. The monoisotopic (exact) mass is 344 g/mol. The first-order valence-corrected chi connectivity index (χ1v) is 7.71. The van der Waals surface area contributed by atoms with E-state index in [2.05, 4.69) is 21.0 Å². The van der Waals surface area contributed by atoms with Crippen LogP contribution in [0.4, 0.5) is 0 Å². The molecule has 0 atom stereocenters. The first kappa shape index (κ1) is 14.1. The first-order chi connectivity index (χ1) is 8.86. The smallest absolute Gasteiger partial charge is 0.286 e. The van der Waals surface area contributed by atoms with Crippen molar-refractivity contribution in [3.63, 3.8) is 0 Å². The molecule has 102 valence electrons. The number of rotatable bonds is 3. The summed E-state index contributed by atoms with van der Waals surface area (Å²) in [6, 6.07) is 4.83. The van der Waals surface area contributed by atoms with E-state index < -0.39 is 10.0 Å². The van der Waals surface area contributed by atoms with E-state index >= 15 is 0 Å². The van der Waals surface area contributed by atoms with Gasteiger partial charge in [-0.2, -0.15) is 17.6 Å². The molecule has 0 amide bonds. The van der Waals surface area contributed by atoms with Gasteiger partial charge in [0, 0.05) is 10.7 Å². The number of aryl methyl sites for hydroxylation is 2. The molecular formula is C12H13BrN2O3S. The Bertz CT molecular complexity index is 723. The zero-order valence-corrected chi connectivity index (χ0v) is 13.1. The van der Waals surface area contributed by atoms with E-state index in [1.54, 1.807) is 19.1 Å². The van der Waals surface area contributed by atoms with Crippen LogP contribution in [-0.4, -0.2) is 24.7 Å². The number of hydrogen-bond donors (Lipinski definition) is 0. The van der Waals surface area contributed by atoms with Crippen molar-refractivity contribution >= 4 is 26.0 Å². The molecule has 0 bridgehead atoms. The maximum Gasteiger partial charge on any atom is 0.286 e. The Morgan fingerprint density at radius 2 is 2.00 bits per heavy atom. The van der Waals surface area contributed by atoms with Crippen molar-refractivity contribution in [2.24, 2.45) is 0 Å². The number of nitrogens with zero attached hydrogens (tertiary/aromatic N) is 2. The minimum absolute atomic E-state index is 0.0792. The van der Waals surface area contributed by atoms with Crippen molar-refractivity contribution in [3.8, 4) is 5.75 Å². The topological polar surface area (TPSA) is 61.2 Å². The maximum absolute atomic E-state index is 12.5. The van der Waals surface area contributed by atoms with Crippen molar-refractivity contribution < 1.29 is 13.2 Å². The Kier molecular flexibility index (Phi) is 3.69. The summed E-state index contributed by atoms with van der Waals surface area (Å²) >= 11 is 3.33. The van der Waals surface area contributed by atoms with Gasteiger partial charge >= 0.3 is 0 Å². The van der Waals surface area contributed by atoms with Gasteiger partial charge in [0.15, 0.2) is 0 Å². The van der Waals surface area contributed by atoms with Crippen LogP contribution in [0.2, 0.25) is 0 Å². The van der Waals surface area contributed by atoms with Crippen LogP contribution in [0.5, 0.6) is 5.75 Å². The number of aromatic nitrogens is 2. The van der Waals surface area contributed by atoms with Gasteiger partial charge in [-0.15, -0.1) is 0 Å². The molecule has 0 fully saturated rings. The zero-order chi connectivity index (χ0) is 14.2. The Balaban J connectivity index is 2.67. The number of benzene rings is 1. The van der Waals surface area contributed by atoms with Crippen LogP contribution >= 0.6 is 15.9 Å². The lowest BCUT2D eigenvalue weighted by atomic mass is 10.2. The van der Waals surface area contributed by atoms with Crippen molar-refractivity contribution in [2.75, 3.05) is 7.11 Å². The average Bonchev–Trinajstić information content (AvgIpc) is 2.79. The molecule has 2 aromatic rings. The highest BCUT2D eigenvalue weighted by atomic mass is 79.9. The van der Waals surface area contributed by atoms with Crippen molar-refractivity contribution in [2.45, 2.75) is 18.7 Å². The van der Waals surface area contributed by atoms with Gasteiger partial charge in [0.25, 0.3) is 10.0 Å². The van der Waals surface area contributed by atoms with Gasteiger partial charge in [-0.1, -0.05) is 15.9 Å². The summed E-state index contributed by atoms with van der Waals surface area (Å²) in [6.07, 6.45) is 1.41. The fourth-order valence-electron chi connectivity index (χ4n) is 1.63. The van der Waals surface area contributed by atoms with Crippen LogP contribution in [0.3, 0.4) is 0 Å². The molecule has 1 aromatic heterocycles. The second-order valence-electron chi connectivity index (χ2n) is 4.09. The minimum atomic E-state index is -3.75. The largest absolute Gasteiger partial charge is 0.495 e. The molecule has 7 heteroatoms. The van der Waals surface area contributed by atoms with Gasteiger partial charge in [0.05, 0.1) is 12.8 Å². The Morgan fingerprint density at radius 1 is 1.32 bits per heavy atom. The molecular weight excluding hydrogens is 332 g/mol. The molecule has 19 heavy (non-hydrogen) atoms. The van der Waals surface area contributed by atoms with Crippen LogP contribution in [0.15, 0.2) is 33.8 Å². The molecule has 0 unspecified atom stereocenters. The highest BCUT2D eigenvalue weighted by molar-refractivity contribution is 9.10. The molecule has 0 aliphatic heterocycles. The fraction of sp³-hybridized carbons (Fsp3) is 0.250. The third kappa shape index (κ3) is 2.52. The quantitative estimate of drug-likeness (QED) is 0.858. The Morgan fingerprint density at radius 3 is 2.53 bits per heavy atom. The van der Waals surface area contributed by atoms with Crippen LogP contribution in [-0.2, 0) is 10.0 Å². The summed E-state index contributed by atoms with van der Waals surface area (Å²) in [5, 5.41) is 3.94. The van der Waals surface area contributed by atoms with E-state index in [0.717, 1.165) is 9.65 Å². The molecule has 0 spiro atoms. The molecule has 1 heterocycles. The number of methoxy groups -OCH3 is 1. The predicted octanol–water partition coefficient (Wildman–Crippen LogP) is 2.51. The van der Waals surface area contributed by atoms with Gasteiger partial charge in [-0.25, -0.2) is 0 Å². The molecule has 1 aromatic carbocycles. The van der Waals surface area contributed by atoms with Crippen molar-refractivity contribution in [1.29, 1.82) is 0 Å². The van der Waals surface area contributed by atoms with E-state index in [0.29, 0.717) is 15.9 Å². The predicted molar refractivity (Wildman–Crippen MR) is 75.0 cm³/mol. The second kappa shape index (κ2) is 4.97. The number of ether oxygens (including phenoxy) is 1. The van der Waals surface area contributed by atoms with E-state index in [1.807, 2.05) is 6.92 Å². The molecule has 5 nitrogen and oxygen atoms in total. The minimum Gasteiger partial charge on any atom is -0.495 e. The second-order valence-corrected chi connectivity index (χ2v) is 6.71. The molecule has 0 N–H and O–H groups in total. The number of hydrogen-bond acceptors (Lipinski definition) is 4. The molecule has 0 aliphatic carbocycles. The first-order valence-electron chi connectivity index (χ1n) is 5.48. The highest BCUT2D eigenvalue weighted by Crippen LogP contribution is 2.31. The lowest BCUT2D eigenvalue weighted by Crippen LogP contribution is -2.15. The average molecular weight is 345 g/mol. The highest BCUT2D eigenvalue weighted by Gasteiger charge is 2.23. The third-order valence-corrected chi connectivity index (χ3v) is 5.09. The lowest BCUT2D eigenvalue weighted by Gasteiger charge is -2.11. The van der Waals surface area contributed by atoms with Crippen molar-refractivity contribution in [1.82, 2.24) is 9.19 Å². The van der Waals surface area contributed by atoms with Crippen LogP contribution in [0, 0.1) is 13.8 Å². The van der Waals surface area contributed by atoms with Gasteiger partial charge in [-0.3, -0.25) is 0 Å². The Hall–Kier alpha value is -1.34. The van der Waals surface area contributed by atoms with Gasteiger partial charge in [0.1, 0.15) is 10.6 Å². The maximum atomic E-state index is 12.5. The molecule has 0 saturated carbocycles. The van der Waals surface area contributed by atoms with Gasteiger partial charge in [-0.05, 0) is 37.6 Å². The molecule has 2 rings (SSSR count). The molecule has 0 aliphatic rings. The summed E-state index contributed by atoms with van der Waals surface area (Å²) in [6.45, 7) is 3.59. The van der Waals surface area contributed by atoms with Crippen LogP contribution in [0.1, 0.15) is 11.3 Å². The van der Waals surface area contributed by atoms with Gasteiger partial charge in [0.2, 0.25) is 0 Å². The summed E-state index contributed by atoms with van der Waals surface area (Å²) in [5.41, 5.74) is 1.53. The SMILES string of the molecule is COc1cc(C)c(Br)cc1S(=O)(=O)n1ccc(C)n1. The van der Waals surface area contributed by atoms with Gasteiger partial charge < -0.3 is 4.74 Å². The van der Waals surface area contributed by atoms with Crippen LogP contribution < -0.4 is 4.74 Å². The summed E-state index contributed by atoms with van der Waals surface area (Å²) < 4.78 is 31.8. The normalized spacial score (nSPS) is 11.6. The molecule has 0 radical (unpaired) electrons. The standard InChI is InChI=1S/C12H13BrN2O3S/c1-8-6-11(18-3)12(7-10(8)13)19(16,17)15-5-4-9(2)14-15/h4-7H,1-3H3. The number of halogens is 1. The van der Waals surface area contributed by atoms with Crippen LogP contribution in [0.25, 0.3) is 0 Å².